The molecular weight excluding hydrogens is 287 g/mol. The van der Waals surface area contributed by atoms with E-state index in [1.54, 1.807) is 0 Å². The number of hydrogen-bond donors (Lipinski definition) is 0. The summed E-state index contributed by atoms with van der Waals surface area (Å²) < 4.78 is 67.3. The summed E-state index contributed by atoms with van der Waals surface area (Å²) in [4.78, 5) is 0. The van der Waals surface area contributed by atoms with Crippen molar-refractivity contribution in [1.82, 2.24) is 0 Å². The van der Waals surface area contributed by atoms with Crippen molar-refractivity contribution in [3.05, 3.63) is 0 Å². The third kappa shape index (κ3) is 5.90. The molecule has 0 heterocycles. The highest BCUT2D eigenvalue weighted by Gasteiger charge is 2.54. The first-order chi connectivity index (χ1) is 8.64. The Balaban J connectivity index is 4.81. The predicted molar refractivity (Wildman–Crippen MR) is 67.6 cm³/mol. The summed E-state index contributed by atoms with van der Waals surface area (Å²) in [6.07, 6.45) is -0.348. The highest BCUT2D eigenvalue weighted by atomic mass is 31.2. The van der Waals surface area contributed by atoms with E-state index in [0.29, 0.717) is 0 Å². The van der Waals surface area contributed by atoms with Crippen LogP contribution < -0.4 is 0 Å². The fourth-order valence-electron chi connectivity index (χ4n) is 1.72. The van der Waals surface area contributed by atoms with Gasteiger partial charge in [0.1, 0.15) is 0 Å². The molecule has 116 valence electrons. The summed E-state index contributed by atoms with van der Waals surface area (Å²) in [6, 6.07) is 0. The maximum absolute atomic E-state index is 13.3. The second kappa shape index (κ2) is 7.72. The minimum absolute atomic E-state index is 0.0705. The molecule has 0 radical (unpaired) electrons. The van der Waals surface area contributed by atoms with Gasteiger partial charge in [0.05, 0.1) is 19.8 Å². The second-order valence-corrected chi connectivity index (χ2v) is 8.57. The van der Waals surface area contributed by atoms with E-state index in [-0.39, 0.29) is 32.1 Å². The van der Waals surface area contributed by atoms with Crippen molar-refractivity contribution in [1.29, 1.82) is 0 Å². The van der Waals surface area contributed by atoms with Crippen molar-refractivity contribution in [2.75, 3.05) is 46.5 Å². The van der Waals surface area contributed by atoms with Gasteiger partial charge in [0.25, 0.3) is 0 Å². The van der Waals surface area contributed by atoms with Crippen molar-refractivity contribution in [2.24, 2.45) is 0 Å². The summed E-state index contributed by atoms with van der Waals surface area (Å²) >= 11 is 0. The van der Waals surface area contributed by atoms with Gasteiger partial charge in [-0.25, -0.2) is 8.78 Å². The molecular formula is C11H22F4O3P+. The van der Waals surface area contributed by atoms with E-state index in [2.05, 4.69) is 0 Å². The molecule has 0 rings (SSSR count). The summed E-state index contributed by atoms with van der Waals surface area (Å²) in [5.41, 5.74) is 0. The fraction of sp³-hybridized carbons (Fsp3) is 1.00. The molecule has 0 aromatic heterocycles. The standard InChI is InChI=1S/C11H22F4O3P/c1-10(12,13)11(14,15)5-6-19(7-16-2,8-17-3)9-18-4/h5-9H2,1-4H3/q+1. The predicted octanol–water partition coefficient (Wildman–Crippen LogP) is 3.50. The number of rotatable bonds is 10. The van der Waals surface area contributed by atoms with Gasteiger partial charge in [0, 0.05) is 28.3 Å². The number of methoxy groups -OCH3 is 3. The van der Waals surface area contributed by atoms with Gasteiger partial charge in [0.15, 0.2) is 19.0 Å². The van der Waals surface area contributed by atoms with E-state index >= 15 is 0 Å². The zero-order valence-electron chi connectivity index (χ0n) is 11.7. The van der Waals surface area contributed by atoms with E-state index in [1.165, 1.54) is 21.3 Å². The van der Waals surface area contributed by atoms with Crippen LogP contribution >= 0.6 is 7.26 Å². The monoisotopic (exact) mass is 309 g/mol. The summed E-state index contributed by atoms with van der Waals surface area (Å²) in [6.45, 7) is 0.232. The van der Waals surface area contributed by atoms with Crippen LogP contribution in [0.2, 0.25) is 0 Å². The fourth-order valence-corrected chi connectivity index (χ4v) is 4.73. The highest BCUT2D eigenvalue weighted by Crippen LogP contribution is 2.60. The van der Waals surface area contributed by atoms with E-state index < -0.39 is 25.5 Å². The maximum Gasteiger partial charge on any atom is 0.313 e. The molecule has 8 heteroatoms. The first kappa shape index (κ1) is 19.0. The molecule has 0 aliphatic heterocycles. The van der Waals surface area contributed by atoms with Gasteiger partial charge in [-0.15, -0.1) is 0 Å². The lowest BCUT2D eigenvalue weighted by atomic mass is 10.1. The molecule has 0 aromatic rings. The minimum Gasteiger partial charge on any atom is -0.349 e. The molecule has 0 spiro atoms. The Labute approximate surface area is 111 Å². The van der Waals surface area contributed by atoms with Gasteiger partial charge in [-0.05, 0) is 0 Å². The molecule has 0 unspecified atom stereocenters. The molecule has 0 N–H and O–H groups in total. The molecule has 0 atom stereocenters. The first-order valence-electron chi connectivity index (χ1n) is 5.72. The molecule has 0 saturated heterocycles. The zero-order chi connectivity index (χ0) is 15.2. The Morgan fingerprint density at radius 1 is 0.842 bits per heavy atom. The van der Waals surface area contributed by atoms with Crippen LogP contribution in [0.3, 0.4) is 0 Å². The van der Waals surface area contributed by atoms with Crippen LogP contribution in [0.4, 0.5) is 17.6 Å². The quantitative estimate of drug-likeness (QED) is 0.457. The largest absolute Gasteiger partial charge is 0.349 e. The molecule has 0 aliphatic rings. The van der Waals surface area contributed by atoms with Crippen molar-refractivity contribution in [3.8, 4) is 0 Å². The minimum atomic E-state index is -4.03. The number of alkyl halides is 4. The van der Waals surface area contributed by atoms with Crippen LogP contribution in [0.25, 0.3) is 0 Å². The van der Waals surface area contributed by atoms with Gasteiger partial charge in [-0.2, -0.15) is 8.78 Å². The SMILES string of the molecule is COC[P+](CCC(F)(F)C(C)(F)F)(COC)COC. The van der Waals surface area contributed by atoms with Crippen LogP contribution in [0.15, 0.2) is 0 Å². The lowest BCUT2D eigenvalue weighted by Gasteiger charge is -2.28. The van der Waals surface area contributed by atoms with Crippen LogP contribution in [0, 0.1) is 0 Å². The Bertz CT molecular complexity index is 242. The number of halogens is 4. The normalized spacial score (nSPS) is 13.9. The van der Waals surface area contributed by atoms with Crippen molar-refractivity contribution in [2.45, 2.75) is 25.2 Å². The zero-order valence-corrected chi connectivity index (χ0v) is 12.6. The van der Waals surface area contributed by atoms with E-state index in [0.717, 1.165) is 0 Å². The van der Waals surface area contributed by atoms with Gasteiger partial charge in [-0.3, -0.25) is 0 Å². The van der Waals surface area contributed by atoms with Gasteiger partial charge in [-0.1, -0.05) is 0 Å². The number of ether oxygens (including phenoxy) is 3. The first-order valence-corrected chi connectivity index (χ1v) is 8.24. The summed E-state index contributed by atoms with van der Waals surface area (Å²) in [5.74, 6) is -8.07. The Hall–Kier alpha value is 0.0300. The molecule has 19 heavy (non-hydrogen) atoms. The van der Waals surface area contributed by atoms with E-state index in [1.807, 2.05) is 0 Å². The Morgan fingerprint density at radius 2 is 1.21 bits per heavy atom. The molecule has 0 aliphatic carbocycles. The Morgan fingerprint density at radius 3 is 1.47 bits per heavy atom. The van der Waals surface area contributed by atoms with Gasteiger partial charge < -0.3 is 14.2 Å². The van der Waals surface area contributed by atoms with Crippen LogP contribution in [-0.4, -0.2) is 58.4 Å². The average Bonchev–Trinajstić information content (AvgIpc) is 2.26. The molecule has 0 amide bonds. The van der Waals surface area contributed by atoms with Gasteiger partial charge in [0.2, 0.25) is 0 Å². The molecule has 0 aromatic carbocycles. The van der Waals surface area contributed by atoms with Gasteiger partial charge >= 0.3 is 11.8 Å². The van der Waals surface area contributed by atoms with Crippen molar-refractivity contribution < 1.29 is 31.8 Å². The maximum atomic E-state index is 13.3. The van der Waals surface area contributed by atoms with E-state index in [4.69, 9.17) is 14.2 Å². The smallest absolute Gasteiger partial charge is 0.313 e. The third-order valence-electron chi connectivity index (χ3n) is 2.75. The summed E-state index contributed by atoms with van der Waals surface area (Å²) in [5, 5.41) is 0. The molecule has 3 nitrogen and oxygen atoms in total. The third-order valence-corrected chi connectivity index (χ3v) is 6.34. The van der Waals surface area contributed by atoms with Crippen LogP contribution in [0.1, 0.15) is 13.3 Å². The average molecular weight is 309 g/mol. The Kier molecular flexibility index (Phi) is 7.73. The van der Waals surface area contributed by atoms with Crippen molar-refractivity contribution >= 4 is 7.26 Å². The molecule has 0 bridgehead atoms. The molecule has 0 fully saturated rings. The highest BCUT2D eigenvalue weighted by molar-refractivity contribution is 7.75. The lowest BCUT2D eigenvalue weighted by molar-refractivity contribution is -0.198. The van der Waals surface area contributed by atoms with Crippen LogP contribution in [-0.2, 0) is 14.2 Å². The lowest BCUT2D eigenvalue weighted by Crippen LogP contribution is -2.39. The molecule has 0 saturated carbocycles. The second-order valence-electron chi connectivity index (χ2n) is 4.66. The summed E-state index contributed by atoms with van der Waals surface area (Å²) in [7, 11) is 2.17. The van der Waals surface area contributed by atoms with Crippen LogP contribution in [0.5, 0.6) is 0 Å². The van der Waals surface area contributed by atoms with Crippen molar-refractivity contribution in [3.63, 3.8) is 0 Å². The number of hydrogen-bond acceptors (Lipinski definition) is 3. The topological polar surface area (TPSA) is 27.7 Å². The van der Waals surface area contributed by atoms with E-state index in [9.17, 15) is 17.6 Å².